The third-order valence-electron chi connectivity index (χ3n) is 7.33. The molecule has 0 saturated heterocycles. The molecule has 0 saturated carbocycles. The first-order chi connectivity index (χ1) is 21.6. The Balaban J connectivity index is 1.79. The van der Waals surface area contributed by atoms with Crippen LogP contribution in [0.2, 0.25) is 5.02 Å². The van der Waals surface area contributed by atoms with Gasteiger partial charge >= 0.3 is 0 Å². The number of aryl methyl sites for hydroxylation is 1. The summed E-state index contributed by atoms with van der Waals surface area (Å²) in [5.41, 5.74) is 2.80. The Kier molecular flexibility index (Phi) is 12.2. The molecule has 4 aromatic rings. The van der Waals surface area contributed by atoms with E-state index < -0.39 is 28.5 Å². The largest absolute Gasteiger partial charge is 0.354 e. The number of hydrogen-bond donors (Lipinski definition) is 1. The zero-order valence-corrected chi connectivity index (χ0v) is 28.5. The standard InChI is InChI=1S/C35H37BrClN3O4S/c1-3-4-20-38-35(42)33(22-27-10-6-5-7-11-27)39(24-28-12-8-13-29(36)21-28)34(41)25-40(31-15-9-14-30(37)23-31)45(43,44)32-18-16-26(2)17-19-32/h5-19,21,23,33H,3-4,20,22,24-25H2,1-2H3,(H,38,42). The topological polar surface area (TPSA) is 86.8 Å². The van der Waals surface area contributed by atoms with E-state index >= 15 is 0 Å². The highest BCUT2D eigenvalue weighted by Gasteiger charge is 2.34. The molecule has 1 N–H and O–H groups in total. The van der Waals surface area contributed by atoms with Gasteiger partial charge in [0.25, 0.3) is 10.0 Å². The second-order valence-corrected chi connectivity index (χ2v) is 14.0. The molecule has 4 aromatic carbocycles. The van der Waals surface area contributed by atoms with Crippen molar-refractivity contribution < 1.29 is 18.0 Å². The number of hydrogen-bond acceptors (Lipinski definition) is 4. The van der Waals surface area contributed by atoms with Crippen LogP contribution in [0.15, 0.2) is 112 Å². The van der Waals surface area contributed by atoms with Crippen molar-refractivity contribution in [2.24, 2.45) is 0 Å². The molecule has 0 aliphatic rings. The van der Waals surface area contributed by atoms with Crippen LogP contribution in [0, 0.1) is 6.92 Å². The molecular formula is C35H37BrClN3O4S. The summed E-state index contributed by atoms with van der Waals surface area (Å²) in [6, 6.07) is 28.9. The molecular weight excluding hydrogens is 674 g/mol. The van der Waals surface area contributed by atoms with Gasteiger partial charge in [0, 0.05) is 29.0 Å². The first-order valence-electron chi connectivity index (χ1n) is 14.8. The summed E-state index contributed by atoms with van der Waals surface area (Å²) >= 11 is 9.80. The maximum Gasteiger partial charge on any atom is 0.264 e. The Bertz CT molecular complexity index is 1700. The quantitative estimate of drug-likeness (QED) is 0.141. The lowest BCUT2D eigenvalue weighted by atomic mass is 10.0. The van der Waals surface area contributed by atoms with E-state index in [4.69, 9.17) is 11.6 Å². The predicted octanol–water partition coefficient (Wildman–Crippen LogP) is 7.16. The minimum Gasteiger partial charge on any atom is -0.354 e. The van der Waals surface area contributed by atoms with Gasteiger partial charge in [-0.05, 0) is 66.9 Å². The van der Waals surface area contributed by atoms with Crippen molar-refractivity contribution in [1.82, 2.24) is 10.2 Å². The number of sulfonamides is 1. The van der Waals surface area contributed by atoms with Gasteiger partial charge in [0.05, 0.1) is 10.6 Å². The highest BCUT2D eigenvalue weighted by atomic mass is 79.9. The summed E-state index contributed by atoms with van der Waals surface area (Å²) in [5, 5.41) is 3.33. The van der Waals surface area contributed by atoms with Gasteiger partial charge in [0.2, 0.25) is 11.8 Å². The molecule has 236 valence electrons. The fourth-order valence-electron chi connectivity index (χ4n) is 4.89. The molecule has 0 aliphatic carbocycles. The fraction of sp³-hybridized carbons (Fsp3) is 0.257. The maximum atomic E-state index is 14.5. The van der Waals surface area contributed by atoms with Crippen LogP contribution in [0.5, 0.6) is 0 Å². The number of benzene rings is 4. The predicted molar refractivity (Wildman–Crippen MR) is 184 cm³/mol. The molecule has 1 unspecified atom stereocenters. The van der Waals surface area contributed by atoms with Crippen LogP contribution in [0.1, 0.15) is 36.5 Å². The molecule has 0 aliphatic heterocycles. The van der Waals surface area contributed by atoms with Crippen molar-refractivity contribution in [3.05, 3.63) is 129 Å². The summed E-state index contributed by atoms with van der Waals surface area (Å²) in [7, 11) is -4.20. The number of unbranched alkanes of at least 4 members (excludes halogenated alkanes) is 1. The number of carbonyl (C=O) groups excluding carboxylic acids is 2. The Morgan fingerprint density at radius 3 is 2.24 bits per heavy atom. The molecule has 45 heavy (non-hydrogen) atoms. The lowest BCUT2D eigenvalue weighted by Gasteiger charge is -2.34. The molecule has 0 spiro atoms. The van der Waals surface area contributed by atoms with Crippen molar-refractivity contribution in [1.29, 1.82) is 0 Å². The van der Waals surface area contributed by atoms with Crippen molar-refractivity contribution in [3.63, 3.8) is 0 Å². The highest BCUT2D eigenvalue weighted by Crippen LogP contribution is 2.27. The Morgan fingerprint density at radius 1 is 0.889 bits per heavy atom. The second kappa shape index (κ2) is 16.1. The SMILES string of the molecule is CCCCNC(=O)C(Cc1ccccc1)N(Cc1cccc(Br)c1)C(=O)CN(c1cccc(Cl)c1)S(=O)(=O)c1ccc(C)cc1. The summed E-state index contributed by atoms with van der Waals surface area (Å²) < 4.78 is 30.1. The number of carbonyl (C=O) groups is 2. The van der Waals surface area contributed by atoms with E-state index in [0.29, 0.717) is 11.6 Å². The van der Waals surface area contributed by atoms with Gasteiger partial charge < -0.3 is 10.2 Å². The van der Waals surface area contributed by atoms with Crippen LogP contribution in [0.3, 0.4) is 0 Å². The Morgan fingerprint density at radius 2 is 1.58 bits per heavy atom. The smallest absolute Gasteiger partial charge is 0.264 e. The van der Waals surface area contributed by atoms with E-state index in [2.05, 4.69) is 21.2 Å². The number of anilines is 1. The molecule has 2 amide bonds. The van der Waals surface area contributed by atoms with E-state index in [1.54, 1.807) is 30.3 Å². The van der Waals surface area contributed by atoms with Gasteiger partial charge in [0.15, 0.2) is 0 Å². The van der Waals surface area contributed by atoms with Gasteiger partial charge in [-0.3, -0.25) is 13.9 Å². The molecule has 1 atom stereocenters. The number of halogens is 2. The van der Waals surface area contributed by atoms with E-state index in [1.807, 2.05) is 68.4 Å². The molecule has 0 radical (unpaired) electrons. The minimum atomic E-state index is -4.20. The maximum absolute atomic E-state index is 14.5. The van der Waals surface area contributed by atoms with Crippen LogP contribution in [0.4, 0.5) is 5.69 Å². The van der Waals surface area contributed by atoms with Crippen LogP contribution in [-0.4, -0.2) is 44.3 Å². The van der Waals surface area contributed by atoms with E-state index in [9.17, 15) is 18.0 Å². The summed E-state index contributed by atoms with van der Waals surface area (Å²) in [6.07, 6.45) is 1.94. The fourth-order valence-corrected chi connectivity index (χ4v) is 6.93. The van der Waals surface area contributed by atoms with Crippen molar-refractivity contribution >= 4 is 55.1 Å². The zero-order chi connectivity index (χ0) is 32.4. The van der Waals surface area contributed by atoms with Crippen LogP contribution in [0.25, 0.3) is 0 Å². The average molecular weight is 711 g/mol. The van der Waals surface area contributed by atoms with Crippen LogP contribution in [-0.2, 0) is 32.6 Å². The van der Waals surface area contributed by atoms with Gasteiger partial charge in [-0.25, -0.2) is 8.42 Å². The molecule has 10 heteroatoms. The Hall–Kier alpha value is -3.66. The van der Waals surface area contributed by atoms with Gasteiger partial charge in [-0.2, -0.15) is 0 Å². The number of rotatable bonds is 14. The normalized spacial score (nSPS) is 11.9. The van der Waals surface area contributed by atoms with Gasteiger partial charge in [-0.15, -0.1) is 0 Å². The second-order valence-electron chi connectivity index (χ2n) is 10.8. The van der Waals surface area contributed by atoms with E-state index in [0.717, 1.165) is 38.3 Å². The molecule has 0 heterocycles. The highest BCUT2D eigenvalue weighted by molar-refractivity contribution is 9.10. The lowest BCUT2D eigenvalue weighted by Crippen LogP contribution is -2.53. The molecule has 4 rings (SSSR count). The third-order valence-corrected chi connectivity index (χ3v) is 9.84. The van der Waals surface area contributed by atoms with Crippen molar-refractivity contribution in [2.75, 3.05) is 17.4 Å². The first kappa shape index (κ1) is 34.2. The first-order valence-corrected chi connectivity index (χ1v) is 17.4. The number of nitrogens with zero attached hydrogens (tertiary/aromatic N) is 2. The third kappa shape index (κ3) is 9.42. The minimum absolute atomic E-state index is 0.0394. The number of nitrogens with one attached hydrogen (secondary N) is 1. The molecule has 0 fully saturated rings. The monoisotopic (exact) mass is 709 g/mol. The molecule has 7 nitrogen and oxygen atoms in total. The summed E-state index contributed by atoms with van der Waals surface area (Å²) in [6.45, 7) is 3.92. The average Bonchev–Trinajstić information content (AvgIpc) is 3.02. The van der Waals surface area contributed by atoms with E-state index in [-0.39, 0.29) is 29.5 Å². The molecule has 0 aromatic heterocycles. The lowest BCUT2D eigenvalue weighted by molar-refractivity contribution is -0.140. The van der Waals surface area contributed by atoms with Crippen LogP contribution < -0.4 is 9.62 Å². The Labute approximate surface area is 279 Å². The van der Waals surface area contributed by atoms with Gasteiger partial charge in [-0.1, -0.05) is 107 Å². The van der Waals surface area contributed by atoms with Crippen molar-refractivity contribution in [2.45, 2.75) is 50.6 Å². The summed E-state index contributed by atoms with van der Waals surface area (Å²) in [4.78, 5) is 29.8. The van der Waals surface area contributed by atoms with Crippen LogP contribution >= 0.6 is 27.5 Å². The zero-order valence-electron chi connectivity index (χ0n) is 25.3. The summed E-state index contributed by atoms with van der Waals surface area (Å²) in [5.74, 6) is -0.830. The van der Waals surface area contributed by atoms with E-state index in [1.165, 1.54) is 23.1 Å². The number of amides is 2. The molecule has 0 bridgehead atoms. The van der Waals surface area contributed by atoms with Crippen molar-refractivity contribution in [3.8, 4) is 0 Å². The van der Waals surface area contributed by atoms with Gasteiger partial charge in [0.1, 0.15) is 12.6 Å².